The summed E-state index contributed by atoms with van der Waals surface area (Å²) in [5.41, 5.74) is -0.0372. The van der Waals surface area contributed by atoms with Gasteiger partial charge in [-0.3, -0.25) is 9.48 Å². The first-order valence-corrected chi connectivity index (χ1v) is 21.7. The molecule has 1 unspecified atom stereocenters. The van der Waals surface area contributed by atoms with Gasteiger partial charge in [0.25, 0.3) is 12.3 Å². The third-order valence-corrected chi connectivity index (χ3v) is 13.1. The van der Waals surface area contributed by atoms with Crippen molar-refractivity contribution < 1.29 is 32.6 Å². The van der Waals surface area contributed by atoms with Crippen molar-refractivity contribution in [3.8, 4) is 0 Å². The highest BCUT2D eigenvalue weighted by Gasteiger charge is 2.40. The molecule has 0 radical (unpaired) electrons. The predicted octanol–water partition coefficient (Wildman–Crippen LogP) is 7.47. The third kappa shape index (κ3) is 9.59. The van der Waals surface area contributed by atoms with Crippen molar-refractivity contribution in [1.29, 1.82) is 0 Å². The normalized spacial score (nSPS) is 26.0. The molecule has 5 aliphatic rings. The number of carbonyl (C=O) groups excluding carboxylic acids is 2. The maximum absolute atomic E-state index is 14.4. The monoisotopic (exact) mass is 809 g/mol. The number of fused-ring (bicyclic) bond motifs is 1. The highest BCUT2D eigenvalue weighted by Crippen LogP contribution is 2.43. The first kappa shape index (κ1) is 40.9. The number of hydrogen-bond donors (Lipinski definition) is 1. The van der Waals surface area contributed by atoms with E-state index in [0.717, 1.165) is 129 Å². The van der Waals surface area contributed by atoms with Crippen LogP contribution in [0.1, 0.15) is 133 Å². The second-order valence-electron chi connectivity index (χ2n) is 18.4. The summed E-state index contributed by atoms with van der Waals surface area (Å²) < 4.78 is 49.6. The molecule has 4 saturated heterocycles. The van der Waals surface area contributed by atoms with Gasteiger partial charge in [-0.2, -0.15) is 10.2 Å². The number of rotatable bonds is 9. The maximum atomic E-state index is 14.4. The summed E-state index contributed by atoms with van der Waals surface area (Å²) in [6.07, 6.45) is 14.6. The van der Waals surface area contributed by atoms with E-state index < -0.39 is 23.6 Å². The molecule has 5 fully saturated rings. The van der Waals surface area contributed by atoms with Crippen molar-refractivity contribution >= 4 is 29.2 Å². The Hall–Kier alpha value is -3.89. The molecule has 7 heterocycles. The van der Waals surface area contributed by atoms with Crippen LogP contribution in [0.5, 0.6) is 0 Å². The molecular formula is C42H61F2N9O5. The van der Waals surface area contributed by atoms with Gasteiger partial charge in [0, 0.05) is 51.7 Å². The lowest BCUT2D eigenvalue weighted by Crippen LogP contribution is -2.49. The first-order chi connectivity index (χ1) is 27.9. The fourth-order valence-corrected chi connectivity index (χ4v) is 9.68. The zero-order valence-electron chi connectivity index (χ0n) is 34.4. The molecule has 58 heavy (non-hydrogen) atoms. The molecule has 1 aliphatic carbocycles. The van der Waals surface area contributed by atoms with Crippen molar-refractivity contribution in [3.05, 3.63) is 35.9 Å². The van der Waals surface area contributed by atoms with E-state index in [0.29, 0.717) is 29.3 Å². The van der Waals surface area contributed by atoms with Gasteiger partial charge < -0.3 is 34.2 Å². The number of alkyl halides is 2. The number of amides is 2. The molecular weight excluding hydrogens is 749 g/mol. The fraction of sp³-hybridized carbons (Fsp3) is 0.738. The predicted molar refractivity (Wildman–Crippen MR) is 214 cm³/mol. The lowest BCUT2D eigenvalue weighted by Gasteiger charge is -2.47. The van der Waals surface area contributed by atoms with E-state index in [9.17, 15) is 18.4 Å². The molecule has 0 bridgehead atoms. The number of aromatic nitrogens is 5. The molecule has 2 amide bonds. The van der Waals surface area contributed by atoms with Gasteiger partial charge in [-0.1, -0.05) is 0 Å². The summed E-state index contributed by atoms with van der Waals surface area (Å²) >= 11 is 0. The average Bonchev–Trinajstić information content (AvgIpc) is 3.84. The topological polar surface area (TPSA) is 132 Å². The van der Waals surface area contributed by atoms with E-state index in [-0.39, 0.29) is 35.8 Å². The largest absolute Gasteiger partial charge is 0.444 e. The Morgan fingerprint density at radius 2 is 1.74 bits per heavy atom. The molecule has 0 aromatic carbocycles. The Morgan fingerprint density at radius 1 is 0.983 bits per heavy atom. The molecule has 318 valence electrons. The zero-order valence-corrected chi connectivity index (χ0v) is 34.4. The SMILES string of the molecule is CC(C)(C)OC(=O)N1CCC2(CCN(CC3CCC(n4cc(NC(=O)c5cnn6ccc(N7CCC[C@H](OC8CCCCO8)C7)nc56)c(C(F)F)n4)CC3)CC2)CC1. The zero-order chi connectivity index (χ0) is 40.4. The molecule has 14 nitrogen and oxygen atoms in total. The summed E-state index contributed by atoms with van der Waals surface area (Å²) in [6.45, 7) is 12.6. The summed E-state index contributed by atoms with van der Waals surface area (Å²) in [5.74, 6) is 0.695. The van der Waals surface area contributed by atoms with Crippen LogP contribution in [0.4, 0.5) is 25.1 Å². The molecule has 3 aromatic rings. The minimum absolute atomic E-state index is 0.0117. The number of hydrogen-bond acceptors (Lipinski definition) is 10. The number of nitrogens with one attached hydrogen (secondary N) is 1. The number of ether oxygens (including phenoxy) is 3. The molecule has 8 rings (SSSR count). The van der Waals surface area contributed by atoms with Gasteiger partial charge in [0.15, 0.2) is 17.6 Å². The smallest absolute Gasteiger partial charge is 0.410 e. The Bertz CT molecular complexity index is 1870. The van der Waals surface area contributed by atoms with E-state index in [4.69, 9.17) is 19.2 Å². The maximum Gasteiger partial charge on any atom is 0.410 e. The highest BCUT2D eigenvalue weighted by atomic mass is 19.3. The van der Waals surface area contributed by atoms with Crippen LogP contribution < -0.4 is 10.2 Å². The number of likely N-dealkylation sites (tertiary alicyclic amines) is 2. The summed E-state index contributed by atoms with van der Waals surface area (Å²) in [7, 11) is 0. The van der Waals surface area contributed by atoms with E-state index in [2.05, 4.69) is 25.3 Å². The van der Waals surface area contributed by atoms with Crippen LogP contribution in [0.25, 0.3) is 5.65 Å². The number of carbonyl (C=O) groups is 2. The second kappa shape index (κ2) is 17.4. The molecule has 1 spiro atoms. The van der Waals surface area contributed by atoms with Gasteiger partial charge in [0.05, 0.1) is 24.0 Å². The average molecular weight is 810 g/mol. The van der Waals surface area contributed by atoms with Crippen LogP contribution >= 0.6 is 0 Å². The molecule has 4 aliphatic heterocycles. The van der Waals surface area contributed by atoms with E-state index in [1.54, 1.807) is 17.1 Å². The Balaban J connectivity index is 0.833. The lowest BCUT2D eigenvalue weighted by molar-refractivity contribution is -0.188. The van der Waals surface area contributed by atoms with Gasteiger partial charge in [-0.25, -0.2) is 23.1 Å². The first-order valence-electron chi connectivity index (χ1n) is 21.7. The number of piperidine rings is 3. The summed E-state index contributed by atoms with van der Waals surface area (Å²) in [4.78, 5) is 37.7. The minimum atomic E-state index is -2.85. The molecule has 1 N–H and O–H groups in total. The molecule has 16 heteroatoms. The van der Waals surface area contributed by atoms with Crippen LogP contribution in [0.2, 0.25) is 0 Å². The van der Waals surface area contributed by atoms with Gasteiger partial charge in [-0.15, -0.1) is 0 Å². The van der Waals surface area contributed by atoms with Crippen LogP contribution in [0, 0.1) is 11.3 Å². The van der Waals surface area contributed by atoms with Gasteiger partial charge in [0.2, 0.25) is 0 Å². The minimum Gasteiger partial charge on any atom is -0.444 e. The van der Waals surface area contributed by atoms with Crippen LogP contribution in [0.15, 0.2) is 24.7 Å². The van der Waals surface area contributed by atoms with Crippen LogP contribution in [0.3, 0.4) is 0 Å². The Labute approximate surface area is 339 Å². The standard InChI is InChI=1S/C42H61F2N9O5/c1-41(2,3)58-40(55)50-22-16-42(17-23-50)14-20-49(21-15-42)26-29-9-11-30(12-10-29)53-28-33(36(48-53)37(43)44)46-39(54)32-25-45-52-19-13-34(47-38(32)52)51-18-6-7-31(27-51)57-35-8-4-5-24-56-35/h13,19,25,28-31,35,37H,4-12,14-18,20-24,26-27H2,1-3H3,(H,46,54)/t29?,30?,31-,35?/m0/s1. The number of anilines is 2. The van der Waals surface area contributed by atoms with Crippen LogP contribution in [-0.4, -0.2) is 117 Å². The summed E-state index contributed by atoms with van der Waals surface area (Å²) in [6, 6.07) is 1.86. The lowest BCUT2D eigenvalue weighted by atomic mass is 9.71. The second-order valence-corrected chi connectivity index (χ2v) is 18.4. The van der Waals surface area contributed by atoms with Gasteiger partial charge in [-0.05, 0) is 135 Å². The van der Waals surface area contributed by atoms with Crippen molar-refractivity contribution in [1.82, 2.24) is 34.2 Å². The quantitative estimate of drug-likeness (QED) is 0.232. The van der Waals surface area contributed by atoms with E-state index >= 15 is 0 Å². The molecule has 3 aromatic heterocycles. The highest BCUT2D eigenvalue weighted by molar-refractivity contribution is 6.08. The van der Waals surface area contributed by atoms with E-state index in [1.807, 2.05) is 31.7 Å². The third-order valence-electron chi connectivity index (χ3n) is 13.1. The van der Waals surface area contributed by atoms with Crippen molar-refractivity contribution in [2.75, 3.05) is 62.6 Å². The molecule has 2 atom stereocenters. The summed E-state index contributed by atoms with van der Waals surface area (Å²) in [5, 5.41) is 11.4. The molecule has 1 saturated carbocycles. The van der Waals surface area contributed by atoms with E-state index in [1.165, 1.54) is 10.7 Å². The fourth-order valence-electron chi connectivity index (χ4n) is 9.68. The van der Waals surface area contributed by atoms with Crippen molar-refractivity contribution in [2.45, 2.75) is 135 Å². The van der Waals surface area contributed by atoms with Crippen LogP contribution in [-0.2, 0) is 14.2 Å². The van der Waals surface area contributed by atoms with Crippen molar-refractivity contribution in [3.63, 3.8) is 0 Å². The van der Waals surface area contributed by atoms with Crippen molar-refractivity contribution in [2.24, 2.45) is 11.3 Å². The van der Waals surface area contributed by atoms with Gasteiger partial charge in [0.1, 0.15) is 17.0 Å². The number of nitrogens with zero attached hydrogens (tertiary/aromatic N) is 8. The number of halogens is 2. The Morgan fingerprint density at radius 3 is 2.45 bits per heavy atom. The Kier molecular flexibility index (Phi) is 12.2. The van der Waals surface area contributed by atoms with Gasteiger partial charge >= 0.3 is 6.09 Å².